The standard InChI is InChI=1S/C28H35N5O5/c1-31-12-14-33(15-13-31)28(37)23-19-25(34)29-22(18-20-8-4-3-5-9-20)27(36)32(2)16-17-38-24-11-7-6-10-21(24)26(35)30-23/h3-11,22-23H,12-19H2,1-2H3,(H,29,34)(H,30,35)/t22-,23+/m1/s1. The lowest BCUT2D eigenvalue weighted by atomic mass is 10.0. The number of amides is 4. The largest absolute Gasteiger partial charge is 0.491 e. The van der Waals surface area contributed by atoms with Gasteiger partial charge in [0.15, 0.2) is 0 Å². The number of fused-ring (bicyclic) bond motifs is 1. The van der Waals surface area contributed by atoms with E-state index in [1.165, 1.54) is 4.90 Å². The Hall–Kier alpha value is -3.92. The van der Waals surface area contributed by atoms with Gasteiger partial charge in [-0.1, -0.05) is 42.5 Å². The molecule has 202 valence electrons. The van der Waals surface area contributed by atoms with Crippen LogP contribution in [-0.2, 0) is 20.8 Å². The molecule has 10 heteroatoms. The first-order valence-electron chi connectivity index (χ1n) is 12.9. The lowest BCUT2D eigenvalue weighted by Crippen LogP contribution is -2.56. The molecular formula is C28H35N5O5. The number of carbonyl (C=O) groups excluding carboxylic acids is 4. The van der Waals surface area contributed by atoms with Crippen LogP contribution in [0.4, 0.5) is 0 Å². The molecule has 2 aliphatic heterocycles. The van der Waals surface area contributed by atoms with E-state index in [1.807, 2.05) is 37.4 Å². The fraction of sp³-hybridized carbons (Fsp3) is 0.429. The van der Waals surface area contributed by atoms with Crippen molar-refractivity contribution in [1.82, 2.24) is 25.3 Å². The van der Waals surface area contributed by atoms with Gasteiger partial charge in [0, 0.05) is 39.6 Å². The minimum absolute atomic E-state index is 0.155. The van der Waals surface area contributed by atoms with Gasteiger partial charge in [0.1, 0.15) is 24.4 Å². The van der Waals surface area contributed by atoms with E-state index in [4.69, 9.17) is 4.74 Å². The third-order valence-corrected chi connectivity index (χ3v) is 6.92. The summed E-state index contributed by atoms with van der Waals surface area (Å²) >= 11 is 0. The zero-order valence-electron chi connectivity index (χ0n) is 21.9. The molecule has 1 saturated heterocycles. The average Bonchev–Trinajstić information content (AvgIpc) is 2.92. The Morgan fingerprint density at radius 3 is 2.32 bits per heavy atom. The molecule has 0 unspecified atom stereocenters. The van der Waals surface area contributed by atoms with Crippen molar-refractivity contribution in [3.05, 3.63) is 65.7 Å². The third kappa shape index (κ3) is 6.89. The summed E-state index contributed by atoms with van der Waals surface area (Å²) in [6, 6.07) is 14.2. The van der Waals surface area contributed by atoms with Crippen molar-refractivity contribution >= 4 is 23.6 Å². The minimum Gasteiger partial charge on any atom is -0.491 e. The zero-order chi connectivity index (χ0) is 27.1. The molecule has 0 aromatic heterocycles. The van der Waals surface area contributed by atoms with Crippen LogP contribution in [-0.4, -0.2) is 104 Å². The number of para-hydroxylation sites is 1. The van der Waals surface area contributed by atoms with Gasteiger partial charge in [-0.2, -0.15) is 0 Å². The number of carbonyl (C=O) groups is 4. The van der Waals surface area contributed by atoms with E-state index in [9.17, 15) is 19.2 Å². The first kappa shape index (κ1) is 27.1. The maximum Gasteiger partial charge on any atom is 0.255 e. The van der Waals surface area contributed by atoms with Crippen molar-refractivity contribution in [2.75, 3.05) is 53.4 Å². The second-order valence-electron chi connectivity index (χ2n) is 9.77. The predicted octanol–water partition coefficient (Wildman–Crippen LogP) is 0.527. The van der Waals surface area contributed by atoms with E-state index in [0.717, 1.165) is 5.56 Å². The molecule has 0 aliphatic carbocycles. The lowest BCUT2D eigenvalue weighted by Gasteiger charge is -2.35. The second kappa shape index (κ2) is 12.6. The van der Waals surface area contributed by atoms with Crippen LogP contribution >= 0.6 is 0 Å². The number of nitrogens with zero attached hydrogens (tertiary/aromatic N) is 3. The molecular weight excluding hydrogens is 486 g/mol. The summed E-state index contributed by atoms with van der Waals surface area (Å²) in [5.41, 5.74) is 1.15. The highest BCUT2D eigenvalue weighted by Gasteiger charge is 2.33. The van der Waals surface area contributed by atoms with E-state index in [1.54, 1.807) is 36.2 Å². The first-order valence-corrected chi connectivity index (χ1v) is 12.9. The number of rotatable bonds is 3. The summed E-state index contributed by atoms with van der Waals surface area (Å²) in [4.78, 5) is 58.7. The van der Waals surface area contributed by atoms with Gasteiger partial charge < -0.3 is 30.1 Å². The molecule has 4 amide bonds. The molecule has 0 bridgehead atoms. The molecule has 38 heavy (non-hydrogen) atoms. The summed E-state index contributed by atoms with van der Waals surface area (Å²) < 4.78 is 5.88. The number of hydrogen-bond acceptors (Lipinski definition) is 6. The highest BCUT2D eigenvalue weighted by molar-refractivity contribution is 6.01. The molecule has 0 spiro atoms. The highest BCUT2D eigenvalue weighted by Crippen LogP contribution is 2.19. The number of nitrogens with one attached hydrogen (secondary N) is 2. The van der Waals surface area contributed by atoms with Crippen LogP contribution in [0.3, 0.4) is 0 Å². The van der Waals surface area contributed by atoms with Crippen LogP contribution in [0.25, 0.3) is 0 Å². The van der Waals surface area contributed by atoms with Crippen LogP contribution < -0.4 is 15.4 Å². The quantitative estimate of drug-likeness (QED) is 0.610. The van der Waals surface area contributed by atoms with Gasteiger partial charge in [0.2, 0.25) is 17.7 Å². The third-order valence-electron chi connectivity index (χ3n) is 6.92. The Labute approximate surface area is 222 Å². The fourth-order valence-electron chi connectivity index (χ4n) is 4.62. The molecule has 2 aliphatic rings. The van der Waals surface area contributed by atoms with Gasteiger partial charge in [0.05, 0.1) is 18.5 Å². The Balaban J connectivity index is 1.62. The Kier molecular flexibility index (Phi) is 8.96. The van der Waals surface area contributed by atoms with E-state index >= 15 is 0 Å². The Morgan fingerprint density at radius 2 is 1.58 bits per heavy atom. The maximum absolute atomic E-state index is 13.5. The van der Waals surface area contributed by atoms with Crippen molar-refractivity contribution in [2.24, 2.45) is 0 Å². The molecule has 10 nitrogen and oxygen atoms in total. The van der Waals surface area contributed by atoms with Gasteiger partial charge in [-0.15, -0.1) is 0 Å². The van der Waals surface area contributed by atoms with Crippen molar-refractivity contribution in [2.45, 2.75) is 24.9 Å². The van der Waals surface area contributed by atoms with Crippen LogP contribution in [0.2, 0.25) is 0 Å². The van der Waals surface area contributed by atoms with Crippen LogP contribution in [0.5, 0.6) is 5.75 Å². The van der Waals surface area contributed by atoms with Crippen molar-refractivity contribution in [3.8, 4) is 5.75 Å². The predicted molar refractivity (Wildman–Crippen MR) is 142 cm³/mol. The van der Waals surface area contributed by atoms with E-state index < -0.39 is 23.9 Å². The summed E-state index contributed by atoms with van der Waals surface area (Å²) in [5, 5.41) is 5.60. The van der Waals surface area contributed by atoms with Gasteiger partial charge >= 0.3 is 0 Å². The van der Waals surface area contributed by atoms with Crippen LogP contribution in [0, 0.1) is 0 Å². The highest BCUT2D eigenvalue weighted by atomic mass is 16.5. The summed E-state index contributed by atoms with van der Waals surface area (Å²) in [5.74, 6) is -1.22. The number of likely N-dealkylation sites (N-methyl/N-ethyl adjacent to an activating group) is 2. The molecule has 0 radical (unpaired) electrons. The molecule has 2 N–H and O–H groups in total. The average molecular weight is 522 g/mol. The summed E-state index contributed by atoms with van der Waals surface area (Å²) in [7, 11) is 3.64. The molecule has 1 fully saturated rings. The molecule has 2 aromatic carbocycles. The summed E-state index contributed by atoms with van der Waals surface area (Å²) in [6.45, 7) is 2.83. The number of hydrogen-bond donors (Lipinski definition) is 2. The van der Waals surface area contributed by atoms with Gasteiger partial charge in [-0.05, 0) is 24.7 Å². The monoisotopic (exact) mass is 521 g/mol. The number of ether oxygens (including phenoxy) is 1. The van der Waals surface area contributed by atoms with E-state index in [2.05, 4.69) is 15.5 Å². The first-order chi connectivity index (χ1) is 18.3. The van der Waals surface area contributed by atoms with Gasteiger partial charge in [-0.25, -0.2) is 0 Å². The molecule has 4 rings (SSSR count). The zero-order valence-corrected chi connectivity index (χ0v) is 21.9. The number of benzene rings is 2. The fourth-order valence-corrected chi connectivity index (χ4v) is 4.62. The van der Waals surface area contributed by atoms with Gasteiger partial charge in [0.25, 0.3) is 5.91 Å². The Bertz CT molecular complexity index is 1150. The molecule has 0 saturated carbocycles. The van der Waals surface area contributed by atoms with Gasteiger partial charge in [-0.3, -0.25) is 19.2 Å². The van der Waals surface area contributed by atoms with E-state index in [0.29, 0.717) is 38.3 Å². The summed E-state index contributed by atoms with van der Waals surface area (Å²) in [6.07, 6.45) is 0.00506. The van der Waals surface area contributed by atoms with Crippen LogP contribution in [0.1, 0.15) is 22.3 Å². The normalized spacial score (nSPS) is 22.0. The van der Waals surface area contributed by atoms with E-state index in [-0.39, 0.29) is 37.0 Å². The van der Waals surface area contributed by atoms with Crippen molar-refractivity contribution in [3.63, 3.8) is 0 Å². The maximum atomic E-state index is 13.5. The van der Waals surface area contributed by atoms with Crippen molar-refractivity contribution in [1.29, 1.82) is 0 Å². The molecule has 2 aromatic rings. The second-order valence-corrected chi connectivity index (χ2v) is 9.77. The van der Waals surface area contributed by atoms with Crippen molar-refractivity contribution < 1.29 is 23.9 Å². The minimum atomic E-state index is -1.09. The smallest absolute Gasteiger partial charge is 0.255 e. The molecule has 2 atom stereocenters. The SMILES string of the molecule is CN1CCN(C(=O)[C@@H]2CC(=O)N[C@H](Cc3ccccc3)C(=O)N(C)CCOc3ccccc3C(=O)N2)CC1. The lowest BCUT2D eigenvalue weighted by molar-refractivity contribution is -0.138. The molecule has 2 heterocycles. The Morgan fingerprint density at radius 1 is 0.895 bits per heavy atom. The topological polar surface area (TPSA) is 111 Å². The van der Waals surface area contributed by atoms with Crippen LogP contribution in [0.15, 0.2) is 54.6 Å². The number of piperazine rings is 1.